The van der Waals surface area contributed by atoms with Crippen LogP contribution in [0.3, 0.4) is 0 Å². The summed E-state index contributed by atoms with van der Waals surface area (Å²) in [5.74, 6) is -0.551. The third-order valence-corrected chi connectivity index (χ3v) is 3.64. The number of rotatable bonds is 3. The van der Waals surface area contributed by atoms with Crippen molar-refractivity contribution in [1.82, 2.24) is 4.90 Å². The van der Waals surface area contributed by atoms with Gasteiger partial charge in [-0.3, -0.25) is 0 Å². The van der Waals surface area contributed by atoms with Crippen LogP contribution in [-0.4, -0.2) is 60.5 Å². The number of hydrogen-bond acceptors (Lipinski definition) is 5. The highest BCUT2D eigenvalue weighted by atomic mass is 35.5. The van der Waals surface area contributed by atoms with E-state index in [0.717, 1.165) is 0 Å². The number of benzene rings is 1. The molecule has 1 heterocycles. The average Bonchev–Trinajstić information content (AvgIpc) is 2.73. The second-order valence-corrected chi connectivity index (χ2v) is 6.16. The molecule has 0 bridgehead atoms. The van der Waals surface area contributed by atoms with Gasteiger partial charge in [0.15, 0.2) is 0 Å². The van der Waals surface area contributed by atoms with Crippen LogP contribution in [0.5, 0.6) is 0 Å². The minimum Gasteiger partial charge on any atom is -0.459 e. The SMILES string of the molecule is CC(C)OC(=O)c1cc(NC(=O)N2CCOC[C@H](O)C2)ccc1Cl. The first kappa shape index (κ1) is 18.5. The Morgan fingerprint density at radius 1 is 1.46 bits per heavy atom. The highest BCUT2D eigenvalue weighted by molar-refractivity contribution is 6.33. The number of esters is 1. The number of aliphatic hydroxyl groups excluding tert-OH is 1. The van der Waals surface area contributed by atoms with Crippen LogP contribution < -0.4 is 5.32 Å². The van der Waals surface area contributed by atoms with E-state index in [1.165, 1.54) is 17.0 Å². The van der Waals surface area contributed by atoms with Crippen LogP contribution >= 0.6 is 11.6 Å². The zero-order valence-electron chi connectivity index (χ0n) is 13.6. The first-order chi connectivity index (χ1) is 11.4. The number of amides is 2. The Hall–Kier alpha value is -1.83. The van der Waals surface area contributed by atoms with Gasteiger partial charge in [-0.1, -0.05) is 11.6 Å². The van der Waals surface area contributed by atoms with Crippen molar-refractivity contribution in [2.75, 3.05) is 31.6 Å². The van der Waals surface area contributed by atoms with Gasteiger partial charge in [-0.2, -0.15) is 0 Å². The summed E-state index contributed by atoms with van der Waals surface area (Å²) in [6.07, 6.45) is -0.995. The molecule has 0 unspecified atom stereocenters. The Balaban J connectivity index is 2.09. The summed E-state index contributed by atoms with van der Waals surface area (Å²) in [5.41, 5.74) is 0.599. The van der Waals surface area contributed by atoms with E-state index in [1.54, 1.807) is 19.9 Å². The van der Waals surface area contributed by atoms with Crippen LogP contribution in [0.2, 0.25) is 5.02 Å². The third-order valence-electron chi connectivity index (χ3n) is 3.31. The molecule has 1 saturated heterocycles. The summed E-state index contributed by atoms with van der Waals surface area (Å²) in [5, 5.41) is 12.6. The van der Waals surface area contributed by atoms with Crippen molar-refractivity contribution >= 4 is 29.3 Å². The zero-order valence-corrected chi connectivity index (χ0v) is 14.4. The van der Waals surface area contributed by atoms with E-state index in [9.17, 15) is 14.7 Å². The maximum absolute atomic E-state index is 12.3. The van der Waals surface area contributed by atoms with Gasteiger partial charge in [0.2, 0.25) is 0 Å². The summed E-state index contributed by atoms with van der Waals surface area (Å²) < 4.78 is 10.3. The molecule has 132 valence electrons. The number of anilines is 1. The van der Waals surface area contributed by atoms with Crippen molar-refractivity contribution in [2.24, 2.45) is 0 Å². The number of ether oxygens (including phenoxy) is 2. The van der Waals surface area contributed by atoms with Crippen LogP contribution in [0.15, 0.2) is 18.2 Å². The lowest BCUT2D eigenvalue weighted by molar-refractivity contribution is 0.0378. The molecule has 1 atom stereocenters. The van der Waals surface area contributed by atoms with Gasteiger partial charge in [-0.15, -0.1) is 0 Å². The summed E-state index contributed by atoms with van der Waals surface area (Å²) >= 11 is 6.03. The van der Waals surface area contributed by atoms with Crippen molar-refractivity contribution in [2.45, 2.75) is 26.1 Å². The molecule has 0 aliphatic carbocycles. The summed E-state index contributed by atoms with van der Waals surface area (Å²) in [7, 11) is 0. The number of urea groups is 1. The topological polar surface area (TPSA) is 88.1 Å². The van der Waals surface area contributed by atoms with E-state index < -0.39 is 12.1 Å². The summed E-state index contributed by atoms with van der Waals surface area (Å²) in [4.78, 5) is 25.8. The minimum atomic E-state index is -0.722. The zero-order chi connectivity index (χ0) is 17.7. The smallest absolute Gasteiger partial charge is 0.339 e. The fraction of sp³-hybridized carbons (Fsp3) is 0.500. The molecule has 1 aromatic rings. The lowest BCUT2D eigenvalue weighted by Crippen LogP contribution is -2.40. The molecule has 2 amide bonds. The molecule has 2 N–H and O–H groups in total. The van der Waals surface area contributed by atoms with Crippen molar-refractivity contribution < 1.29 is 24.2 Å². The number of β-amino-alcohol motifs (C(OH)–C–C–N with tert-alkyl or cyclic N) is 1. The predicted octanol–water partition coefficient (Wildman–Crippen LogP) is 2.13. The quantitative estimate of drug-likeness (QED) is 0.810. The Morgan fingerprint density at radius 2 is 2.21 bits per heavy atom. The fourth-order valence-corrected chi connectivity index (χ4v) is 2.41. The molecule has 0 aromatic heterocycles. The molecule has 0 radical (unpaired) electrons. The van der Waals surface area contributed by atoms with E-state index in [4.69, 9.17) is 21.1 Å². The molecule has 2 rings (SSSR count). The van der Waals surface area contributed by atoms with Crippen molar-refractivity contribution in [3.63, 3.8) is 0 Å². The average molecular weight is 357 g/mol. The van der Waals surface area contributed by atoms with Crippen LogP contribution in [0, 0.1) is 0 Å². The molecule has 1 aromatic carbocycles. The number of carbonyl (C=O) groups is 2. The number of nitrogens with zero attached hydrogens (tertiary/aromatic N) is 1. The Labute approximate surface area is 145 Å². The summed E-state index contributed by atoms with van der Waals surface area (Å²) in [6, 6.07) is 4.20. The largest absolute Gasteiger partial charge is 0.459 e. The fourth-order valence-electron chi connectivity index (χ4n) is 2.22. The monoisotopic (exact) mass is 356 g/mol. The predicted molar refractivity (Wildman–Crippen MR) is 89.4 cm³/mol. The van der Waals surface area contributed by atoms with Crippen molar-refractivity contribution in [1.29, 1.82) is 0 Å². The van der Waals surface area contributed by atoms with Gasteiger partial charge in [0.25, 0.3) is 0 Å². The van der Waals surface area contributed by atoms with Gasteiger partial charge in [0.05, 0.1) is 42.6 Å². The maximum Gasteiger partial charge on any atom is 0.339 e. The number of carbonyl (C=O) groups excluding carboxylic acids is 2. The number of aliphatic hydroxyl groups is 1. The third kappa shape index (κ3) is 5.09. The molecule has 1 fully saturated rings. The standard InChI is InChI=1S/C16H21ClN2O5/c1-10(2)24-15(21)13-7-11(3-4-14(13)17)18-16(22)19-5-6-23-9-12(20)8-19/h3-4,7,10,12,20H,5-6,8-9H2,1-2H3,(H,18,22)/t12-/m1/s1. The van der Waals surface area contributed by atoms with Gasteiger partial charge in [-0.05, 0) is 32.0 Å². The Kier molecular flexibility index (Phi) is 6.42. The molecule has 0 saturated carbocycles. The van der Waals surface area contributed by atoms with E-state index in [0.29, 0.717) is 18.8 Å². The molecule has 1 aliphatic heterocycles. The minimum absolute atomic E-state index is 0.182. The van der Waals surface area contributed by atoms with Crippen LogP contribution in [0.4, 0.5) is 10.5 Å². The lowest BCUT2D eigenvalue weighted by Gasteiger charge is -2.22. The van der Waals surface area contributed by atoms with Gasteiger partial charge in [-0.25, -0.2) is 9.59 Å². The first-order valence-corrected chi connectivity index (χ1v) is 8.07. The molecular formula is C16H21ClN2O5. The Morgan fingerprint density at radius 3 is 2.92 bits per heavy atom. The molecular weight excluding hydrogens is 336 g/mol. The van der Waals surface area contributed by atoms with E-state index in [2.05, 4.69) is 5.32 Å². The second kappa shape index (κ2) is 8.32. The Bertz CT molecular complexity index is 608. The molecule has 1 aliphatic rings. The second-order valence-electron chi connectivity index (χ2n) is 5.75. The van der Waals surface area contributed by atoms with Gasteiger partial charge in [0.1, 0.15) is 0 Å². The van der Waals surface area contributed by atoms with E-state index >= 15 is 0 Å². The van der Waals surface area contributed by atoms with Crippen LogP contribution in [0.1, 0.15) is 24.2 Å². The molecule has 8 heteroatoms. The molecule has 0 spiro atoms. The van der Waals surface area contributed by atoms with Gasteiger partial charge >= 0.3 is 12.0 Å². The maximum atomic E-state index is 12.3. The number of hydrogen-bond donors (Lipinski definition) is 2. The van der Waals surface area contributed by atoms with Crippen molar-refractivity contribution in [3.8, 4) is 0 Å². The number of nitrogens with one attached hydrogen (secondary N) is 1. The summed E-state index contributed by atoms with van der Waals surface area (Å²) in [6.45, 7) is 4.60. The molecule has 24 heavy (non-hydrogen) atoms. The van der Waals surface area contributed by atoms with Crippen molar-refractivity contribution in [3.05, 3.63) is 28.8 Å². The lowest BCUT2D eigenvalue weighted by atomic mass is 10.2. The normalized spacial score (nSPS) is 18.2. The van der Waals surface area contributed by atoms with E-state index in [1.807, 2.05) is 0 Å². The van der Waals surface area contributed by atoms with Gasteiger partial charge in [0, 0.05) is 12.2 Å². The highest BCUT2D eigenvalue weighted by Gasteiger charge is 2.21. The number of halogens is 1. The highest BCUT2D eigenvalue weighted by Crippen LogP contribution is 2.22. The van der Waals surface area contributed by atoms with Crippen LogP contribution in [0.25, 0.3) is 0 Å². The van der Waals surface area contributed by atoms with Gasteiger partial charge < -0.3 is 24.8 Å². The van der Waals surface area contributed by atoms with Crippen LogP contribution in [-0.2, 0) is 9.47 Å². The van der Waals surface area contributed by atoms with E-state index in [-0.39, 0.29) is 35.9 Å². The first-order valence-electron chi connectivity index (χ1n) is 7.69. The molecule has 7 nitrogen and oxygen atoms in total.